The summed E-state index contributed by atoms with van der Waals surface area (Å²) in [4.78, 5) is 12.0. The number of rotatable bonds is 0. The van der Waals surface area contributed by atoms with Gasteiger partial charge >= 0.3 is 0 Å². The van der Waals surface area contributed by atoms with Crippen molar-refractivity contribution in [1.82, 2.24) is 0 Å². The maximum Gasteiger partial charge on any atom is 0.163 e. The van der Waals surface area contributed by atoms with E-state index in [0.717, 1.165) is 31.2 Å². The van der Waals surface area contributed by atoms with Crippen LogP contribution in [0.15, 0.2) is 18.2 Å². The summed E-state index contributed by atoms with van der Waals surface area (Å²) >= 11 is 0. The first-order valence-corrected chi connectivity index (χ1v) is 6.15. The molecule has 16 heavy (non-hydrogen) atoms. The van der Waals surface area contributed by atoms with Crippen molar-refractivity contribution >= 4 is 5.78 Å². The van der Waals surface area contributed by atoms with Crippen LogP contribution >= 0.6 is 0 Å². The fourth-order valence-corrected chi connectivity index (χ4v) is 2.26. The van der Waals surface area contributed by atoms with Crippen LogP contribution in [0.4, 0.5) is 0 Å². The number of carbonyl (C=O) groups excluding carboxylic acids is 1. The molecular weight excluding hydrogens is 196 g/mol. The second-order valence-electron chi connectivity index (χ2n) is 5.75. The van der Waals surface area contributed by atoms with Crippen LogP contribution in [0.25, 0.3) is 0 Å². The van der Waals surface area contributed by atoms with Crippen molar-refractivity contribution < 1.29 is 4.79 Å². The Kier molecular flexibility index (Phi) is 2.88. The quantitative estimate of drug-likeness (QED) is 0.601. The maximum atomic E-state index is 12.0. The van der Waals surface area contributed by atoms with Gasteiger partial charge in [-0.2, -0.15) is 0 Å². The zero-order valence-electron chi connectivity index (χ0n) is 10.5. The molecule has 0 atom stereocenters. The van der Waals surface area contributed by atoms with Crippen LogP contribution in [0.5, 0.6) is 0 Å². The average molecular weight is 216 g/mol. The van der Waals surface area contributed by atoms with Crippen molar-refractivity contribution in [2.24, 2.45) is 0 Å². The molecule has 0 unspecified atom stereocenters. The van der Waals surface area contributed by atoms with E-state index in [2.05, 4.69) is 39.0 Å². The van der Waals surface area contributed by atoms with Gasteiger partial charge in [0.1, 0.15) is 0 Å². The van der Waals surface area contributed by atoms with Gasteiger partial charge in [-0.25, -0.2) is 0 Å². The second kappa shape index (κ2) is 4.04. The fraction of sp³-hybridized carbons (Fsp3) is 0.533. The highest BCUT2D eigenvalue weighted by Gasteiger charge is 2.19. The van der Waals surface area contributed by atoms with Gasteiger partial charge in [0.25, 0.3) is 0 Å². The molecule has 0 fully saturated rings. The van der Waals surface area contributed by atoms with E-state index in [1.165, 1.54) is 11.1 Å². The average Bonchev–Trinajstić information content (AvgIpc) is 2.39. The molecule has 0 amide bonds. The standard InChI is InChI=1S/C15H20O/c1-15(2,3)12-9-8-11-6-4-5-7-14(16)13(11)10-12/h8-10H,4-7H2,1-3H3. The molecule has 0 aliphatic heterocycles. The zero-order chi connectivity index (χ0) is 11.8. The van der Waals surface area contributed by atoms with E-state index in [9.17, 15) is 4.79 Å². The molecule has 86 valence electrons. The van der Waals surface area contributed by atoms with Gasteiger partial charge in [0, 0.05) is 12.0 Å². The van der Waals surface area contributed by atoms with Crippen molar-refractivity contribution in [1.29, 1.82) is 0 Å². The summed E-state index contributed by atoms with van der Waals surface area (Å²) in [5, 5.41) is 0. The summed E-state index contributed by atoms with van der Waals surface area (Å²) < 4.78 is 0. The van der Waals surface area contributed by atoms with Gasteiger partial charge in [-0.3, -0.25) is 4.79 Å². The number of hydrogen-bond donors (Lipinski definition) is 0. The molecule has 0 saturated heterocycles. The summed E-state index contributed by atoms with van der Waals surface area (Å²) in [7, 11) is 0. The Hall–Kier alpha value is -1.11. The third-order valence-electron chi connectivity index (χ3n) is 3.38. The van der Waals surface area contributed by atoms with Gasteiger partial charge < -0.3 is 0 Å². The molecule has 1 aliphatic rings. The molecule has 1 aromatic rings. The highest BCUT2D eigenvalue weighted by Crippen LogP contribution is 2.27. The van der Waals surface area contributed by atoms with E-state index >= 15 is 0 Å². The first kappa shape index (κ1) is 11.4. The van der Waals surface area contributed by atoms with Crippen molar-refractivity contribution in [3.8, 4) is 0 Å². The Bertz CT molecular complexity index is 410. The van der Waals surface area contributed by atoms with Gasteiger partial charge in [0.15, 0.2) is 5.78 Å². The summed E-state index contributed by atoms with van der Waals surface area (Å²) in [5.74, 6) is 0.332. The van der Waals surface area contributed by atoms with E-state index in [1.54, 1.807) is 0 Å². The summed E-state index contributed by atoms with van der Waals surface area (Å²) in [6.45, 7) is 6.57. The number of hydrogen-bond acceptors (Lipinski definition) is 1. The lowest BCUT2D eigenvalue weighted by molar-refractivity contribution is 0.0982. The molecular formula is C15H20O. The number of aryl methyl sites for hydroxylation is 1. The number of Topliss-reactive ketones (excluding diaryl/α,β-unsaturated/α-hetero) is 1. The number of fused-ring (bicyclic) bond motifs is 1. The third-order valence-corrected chi connectivity index (χ3v) is 3.38. The molecule has 0 aromatic heterocycles. The number of benzene rings is 1. The van der Waals surface area contributed by atoms with Crippen LogP contribution < -0.4 is 0 Å². The normalized spacial score (nSPS) is 16.8. The van der Waals surface area contributed by atoms with Gasteiger partial charge in [0.2, 0.25) is 0 Å². The van der Waals surface area contributed by atoms with Crippen LogP contribution in [0.2, 0.25) is 0 Å². The van der Waals surface area contributed by atoms with Gasteiger partial charge in [-0.15, -0.1) is 0 Å². The highest BCUT2D eigenvalue weighted by atomic mass is 16.1. The Morgan fingerprint density at radius 3 is 2.44 bits per heavy atom. The van der Waals surface area contributed by atoms with Crippen LogP contribution in [0.3, 0.4) is 0 Å². The summed E-state index contributed by atoms with van der Waals surface area (Å²) in [6.07, 6.45) is 3.97. The molecule has 1 aromatic carbocycles. The van der Waals surface area contributed by atoms with E-state index in [1.807, 2.05) is 0 Å². The molecule has 1 heteroatoms. The van der Waals surface area contributed by atoms with Crippen LogP contribution in [-0.4, -0.2) is 5.78 Å². The van der Waals surface area contributed by atoms with Gasteiger partial charge in [-0.1, -0.05) is 32.9 Å². The predicted octanol–water partition coefficient (Wildman–Crippen LogP) is 3.89. The second-order valence-corrected chi connectivity index (χ2v) is 5.75. The Labute approximate surface area is 97.9 Å². The summed E-state index contributed by atoms with van der Waals surface area (Å²) in [6, 6.07) is 6.44. The number of ketones is 1. The summed E-state index contributed by atoms with van der Waals surface area (Å²) in [5.41, 5.74) is 3.61. The lowest BCUT2D eigenvalue weighted by Crippen LogP contribution is -2.13. The predicted molar refractivity (Wildman–Crippen MR) is 67.0 cm³/mol. The Morgan fingerprint density at radius 1 is 1.06 bits per heavy atom. The van der Waals surface area contributed by atoms with E-state index in [-0.39, 0.29) is 5.41 Å². The largest absolute Gasteiger partial charge is 0.294 e. The molecule has 0 saturated carbocycles. The van der Waals surface area contributed by atoms with E-state index in [4.69, 9.17) is 0 Å². The monoisotopic (exact) mass is 216 g/mol. The smallest absolute Gasteiger partial charge is 0.163 e. The minimum Gasteiger partial charge on any atom is -0.294 e. The van der Waals surface area contributed by atoms with Crippen molar-refractivity contribution in [3.05, 3.63) is 34.9 Å². The molecule has 0 bridgehead atoms. The molecule has 1 aliphatic carbocycles. The molecule has 1 nitrogen and oxygen atoms in total. The van der Waals surface area contributed by atoms with Gasteiger partial charge in [0.05, 0.1) is 0 Å². The van der Waals surface area contributed by atoms with Crippen LogP contribution in [-0.2, 0) is 11.8 Å². The van der Waals surface area contributed by atoms with Crippen LogP contribution in [0, 0.1) is 0 Å². The van der Waals surface area contributed by atoms with Crippen molar-refractivity contribution in [3.63, 3.8) is 0 Å². The maximum absolute atomic E-state index is 12.0. The zero-order valence-corrected chi connectivity index (χ0v) is 10.5. The SMILES string of the molecule is CC(C)(C)c1ccc2c(c1)C(=O)CCCC2. The molecule has 0 N–H and O–H groups in total. The van der Waals surface area contributed by atoms with E-state index < -0.39 is 0 Å². The third kappa shape index (κ3) is 2.18. The Morgan fingerprint density at radius 2 is 1.75 bits per heavy atom. The fourth-order valence-electron chi connectivity index (χ4n) is 2.26. The highest BCUT2D eigenvalue weighted by molar-refractivity contribution is 5.98. The lowest BCUT2D eigenvalue weighted by Gasteiger charge is -2.20. The minimum atomic E-state index is 0.127. The topological polar surface area (TPSA) is 17.1 Å². The molecule has 0 heterocycles. The first-order valence-electron chi connectivity index (χ1n) is 6.15. The van der Waals surface area contributed by atoms with Crippen LogP contribution in [0.1, 0.15) is 61.5 Å². The lowest BCUT2D eigenvalue weighted by atomic mass is 9.84. The molecule has 0 radical (unpaired) electrons. The van der Waals surface area contributed by atoms with Crippen molar-refractivity contribution in [2.75, 3.05) is 0 Å². The minimum absolute atomic E-state index is 0.127. The van der Waals surface area contributed by atoms with Gasteiger partial charge in [-0.05, 0) is 41.9 Å². The van der Waals surface area contributed by atoms with Crippen molar-refractivity contribution in [2.45, 2.75) is 51.9 Å². The Balaban J connectivity index is 2.47. The number of carbonyl (C=O) groups is 1. The molecule has 0 spiro atoms. The molecule has 2 rings (SSSR count). The first-order chi connectivity index (χ1) is 7.48. The van der Waals surface area contributed by atoms with E-state index in [0.29, 0.717) is 5.78 Å².